The van der Waals surface area contributed by atoms with Crippen LogP contribution in [0.15, 0.2) is 255 Å². The van der Waals surface area contributed by atoms with E-state index in [0.717, 1.165) is 29.9 Å². The van der Waals surface area contributed by atoms with Gasteiger partial charge in [0.15, 0.2) is 0 Å². The maximum absolute atomic E-state index is 2.57. The minimum atomic E-state index is -0.365. The van der Waals surface area contributed by atoms with Gasteiger partial charge in [0, 0.05) is 65.9 Å². The van der Waals surface area contributed by atoms with Gasteiger partial charge in [-0.25, -0.2) is 0 Å². The van der Waals surface area contributed by atoms with Gasteiger partial charge < -0.3 is 18.6 Å². The molecule has 0 saturated heterocycles. The van der Waals surface area contributed by atoms with Gasteiger partial charge in [0.05, 0.1) is 44.5 Å². The fraction of sp³-hybridized carbons (Fsp3) is 0.122. The van der Waals surface area contributed by atoms with E-state index in [1.54, 1.807) is 0 Å². The van der Waals surface area contributed by atoms with Crippen molar-refractivity contribution in [1.82, 2.24) is 13.7 Å². The first-order valence-corrected chi connectivity index (χ1v) is 30.7. The highest BCUT2D eigenvalue weighted by atomic mass is 15.1. The second-order valence-electron chi connectivity index (χ2n) is 25.0. The van der Waals surface area contributed by atoms with Crippen LogP contribution in [0.2, 0.25) is 0 Å². The quantitative estimate of drug-likeness (QED) is 0.141. The lowest BCUT2D eigenvalue weighted by Crippen LogP contribution is -2.28. The third-order valence-electron chi connectivity index (χ3n) is 19.7. The fourth-order valence-electron chi connectivity index (χ4n) is 15.4. The second-order valence-corrected chi connectivity index (χ2v) is 25.0. The Hall–Kier alpha value is -10.2. The monoisotopic (exact) mass is 1100 g/mol. The molecule has 0 amide bonds. The van der Waals surface area contributed by atoms with Gasteiger partial charge in [0.2, 0.25) is 0 Å². The lowest BCUT2D eigenvalue weighted by atomic mass is 9.73. The predicted octanol–water partition coefficient (Wildman–Crippen LogP) is 21.9. The maximum Gasteiger partial charge on any atom is 0.0582 e. The fourth-order valence-corrected chi connectivity index (χ4v) is 15.4. The molecule has 5 heterocycles. The van der Waals surface area contributed by atoms with Crippen molar-refractivity contribution in [3.05, 3.63) is 288 Å². The maximum atomic E-state index is 2.57. The Morgan fingerprint density at radius 2 is 0.628 bits per heavy atom. The number of nitrogens with zero attached hydrogens (tertiary/aromatic N) is 4. The number of para-hydroxylation sites is 3. The van der Waals surface area contributed by atoms with Crippen LogP contribution >= 0.6 is 0 Å². The molecule has 0 aliphatic carbocycles. The van der Waals surface area contributed by atoms with Crippen molar-refractivity contribution in [1.29, 1.82) is 0 Å². The van der Waals surface area contributed by atoms with Gasteiger partial charge in [-0.1, -0.05) is 187 Å². The van der Waals surface area contributed by atoms with Crippen LogP contribution in [0, 0.1) is 0 Å². The van der Waals surface area contributed by atoms with Gasteiger partial charge in [-0.05, 0) is 189 Å². The SMILES string of the molecule is CCc1cc(N(c2ccc3c(c2)C(C)(C)c2cc(-c4ccccc4)cc4c5ccccc5n-3c24)c2ccc3c(c2)C(C)(C)c2cc(-c4ccccc4)cc4c5ccccc5n-3c24)ccc1-n1c2ccccc2c2cc(-c3ccccc3)cc(CC)c21. The summed E-state index contributed by atoms with van der Waals surface area (Å²) < 4.78 is 7.68. The molecule has 2 aliphatic heterocycles. The summed E-state index contributed by atoms with van der Waals surface area (Å²) in [5, 5.41) is 7.69. The molecule has 0 fully saturated rings. The third kappa shape index (κ3) is 7.16. The number of benzene rings is 12. The highest BCUT2D eigenvalue weighted by molar-refractivity contribution is 6.15. The van der Waals surface area contributed by atoms with Crippen molar-refractivity contribution in [2.45, 2.75) is 65.2 Å². The van der Waals surface area contributed by atoms with E-state index >= 15 is 0 Å². The van der Waals surface area contributed by atoms with E-state index in [-0.39, 0.29) is 10.8 Å². The Kier molecular flexibility index (Phi) is 10.9. The number of anilines is 3. The molecule has 0 saturated carbocycles. The van der Waals surface area contributed by atoms with Crippen LogP contribution in [0.25, 0.3) is 116 Å². The predicted molar refractivity (Wildman–Crippen MR) is 363 cm³/mol. The molecule has 15 aromatic rings. The minimum Gasteiger partial charge on any atom is -0.310 e. The van der Waals surface area contributed by atoms with Crippen molar-refractivity contribution in [3.63, 3.8) is 0 Å². The second kappa shape index (κ2) is 18.7. The molecule has 86 heavy (non-hydrogen) atoms. The van der Waals surface area contributed by atoms with E-state index in [0.29, 0.717) is 0 Å². The summed E-state index contributed by atoms with van der Waals surface area (Å²) in [7, 11) is 0. The minimum absolute atomic E-state index is 0.365. The van der Waals surface area contributed by atoms with Crippen molar-refractivity contribution in [3.8, 4) is 50.4 Å². The lowest BCUT2D eigenvalue weighted by molar-refractivity contribution is 0.630. The summed E-state index contributed by atoms with van der Waals surface area (Å²) in [6.45, 7) is 14.4. The zero-order valence-electron chi connectivity index (χ0n) is 49.5. The Balaban J connectivity index is 0.902. The van der Waals surface area contributed by atoms with Crippen LogP contribution in [0.3, 0.4) is 0 Å². The van der Waals surface area contributed by atoms with Crippen LogP contribution in [0.4, 0.5) is 17.1 Å². The van der Waals surface area contributed by atoms with Crippen molar-refractivity contribution < 1.29 is 0 Å². The van der Waals surface area contributed by atoms with Gasteiger partial charge in [0.25, 0.3) is 0 Å². The van der Waals surface area contributed by atoms with Crippen LogP contribution in [-0.2, 0) is 23.7 Å². The molecule has 0 atom stereocenters. The topological polar surface area (TPSA) is 18.0 Å². The highest BCUT2D eigenvalue weighted by Gasteiger charge is 2.39. The van der Waals surface area contributed by atoms with E-state index in [2.05, 4.69) is 315 Å². The summed E-state index contributed by atoms with van der Waals surface area (Å²) in [5.41, 5.74) is 29.2. The van der Waals surface area contributed by atoms with E-state index in [1.807, 2.05) is 0 Å². The number of aromatic nitrogens is 3. The zero-order valence-corrected chi connectivity index (χ0v) is 49.5. The molecule has 12 aromatic carbocycles. The number of aryl methyl sites for hydroxylation is 2. The molecular formula is C82H64N4. The number of fused-ring (bicyclic) bond motifs is 13. The Morgan fingerprint density at radius 1 is 0.279 bits per heavy atom. The van der Waals surface area contributed by atoms with Crippen molar-refractivity contribution in [2.24, 2.45) is 0 Å². The molecule has 0 bridgehead atoms. The van der Waals surface area contributed by atoms with Gasteiger partial charge in [-0.3, -0.25) is 0 Å². The average Bonchev–Trinajstić information content (AvgIpc) is 1.65. The van der Waals surface area contributed by atoms with E-state index < -0.39 is 0 Å². The first-order chi connectivity index (χ1) is 42.1. The summed E-state index contributed by atoms with van der Waals surface area (Å²) in [5.74, 6) is 0. The standard InChI is InChI=1S/C82H64N4/c1-7-51-43-59(36-39-72(51)84-73-33-21-18-30-62(73)65-44-56(42-52(8-2)78(65)84)53-24-12-9-13-25-53)83(60-37-40-76-68(49-60)81(3,4)70-47-57(54-26-14-10-15-27-54)45-66-63-31-19-22-34-74(63)85(76)79(66)70)61-38-41-77-69(50-61)82(5,6)71-48-58(55-28-16-11-17-29-55)46-67-64-32-20-23-35-75(64)86(77)80(67)71/h9-50H,7-8H2,1-6H3. The molecule has 0 unspecified atom stereocenters. The largest absolute Gasteiger partial charge is 0.310 e. The normalized spacial score (nSPS) is 13.7. The Morgan fingerprint density at radius 3 is 1.05 bits per heavy atom. The first-order valence-electron chi connectivity index (χ1n) is 30.7. The number of hydrogen-bond acceptors (Lipinski definition) is 1. The molecule has 0 spiro atoms. The van der Waals surface area contributed by atoms with E-state index in [4.69, 9.17) is 0 Å². The van der Waals surface area contributed by atoms with Crippen molar-refractivity contribution in [2.75, 3.05) is 4.90 Å². The van der Waals surface area contributed by atoms with Gasteiger partial charge >= 0.3 is 0 Å². The number of hydrogen-bond donors (Lipinski definition) is 0. The Bertz CT molecular complexity index is 5080. The van der Waals surface area contributed by atoms with Crippen LogP contribution in [0.5, 0.6) is 0 Å². The van der Waals surface area contributed by atoms with Crippen LogP contribution in [-0.4, -0.2) is 13.7 Å². The summed E-state index contributed by atoms with van der Waals surface area (Å²) in [6, 6.07) is 96.3. The lowest BCUT2D eigenvalue weighted by Gasteiger charge is -2.38. The summed E-state index contributed by atoms with van der Waals surface area (Å²) in [4.78, 5) is 2.56. The van der Waals surface area contributed by atoms with E-state index in [1.165, 1.54) is 149 Å². The Labute approximate surface area is 502 Å². The molecule has 17 rings (SSSR count). The molecule has 3 aromatic heterocycles. The molecule has 4 nitrogen and oxygen atoms in total. The third-order valence-corrected chi connectivity index (χ3v) is 19.7. The first kappa shape index (κ1) is 50.4. The molecular weight excluding hydrogens is 1040 g/mol. The molecule has 412 valence electrons. The van der Waals surface area contributed by atoms with Crippen LogP contribution < -0.4 is 4.90 Å². The molecule has 0 radical (unpaired) electrons. The number of rotatable bonds is 9. The average molecular weight is 1110 g/mol. The van der Waals surface area contributed by atoms with Gasteiger partial charge in [-0.2, -0.15) is 0 Å². The van der Waals surface area contributed by atoms with Crippen molar-refractivity contribution >= 4 is 82.5 Å². The summed E-state index contributed by atoms with van der Waals surface area (Å²) >= 11 is 0. The summed E-state index contributed by atoms with van der Waals surface area (Å²) in [6.07, 6.45) is 1.76. The van der Waals surface area contributed by atoms with Crippen LogP contribution in [0.1, 0.15) is 74.9 Å². The molecule has 0 N–H and O–H groups in total. The van der Waals surface area contributed by atoms with Gasteiger partial charge in [0.1, 0.15) is 0 Å². The molecule has 2 aliphatic rings. The highest BCUT2D eigenvalue weighted by Crippen LogP contribution is 2.54. The van der Waals surface area contributed by atoms with E-state index in [9.17, 15) is 0 Å². The molecule has 4 heteroatoms. The zero-order chi connectivity index (χ0) is 57.7. The van der Waals surface area contributed by atoms with Gasteiger partial charge in [-0.15, -0.1) is 0 Å². The smallest absolute Gasteiger partial charge is 0.0582 e.